The first-order valence-electron chi connectivity index (χ1n) is 10.4. The molecule has 1 aliphatic heterocycles. The summed E-state index contributed by atoms with van der Waals surface area (Å²) in [6.45, 7) is 6.66. The molecule has 2 atom stereocenters. The smallest absolute Gasteiger partial charge is 0.222 e. The monoisotopic (exact) mass is 520 g/mol. The maximum Gasteiger partial charge on any atom is 0.222 e. The average molecular weight is 520 g/mol. The standard InChI is InChI=1S/C24H32N4O.HI/c1-18(22-11-5-4-6-12-22)19(2)27-24(25-3)26-16-20-9-7-10-21(15-20)17-28-14-8-13-23(28)29;/h4-7,9-12,15,18-19H,8,13-14,16-17H2,1-3H3,(H2,25,26,27);1H. The van der Waals surface area contributed by atoms with Crippen molar-refractivity contribution in [1.82, 2.24) is 15.5 Å². The number of rotatable bonds is 7. The Hall–Kier alpha value is -2.09. The summed E-state index contributed by atoms with van der Waals surface area (Å²) in [5.74, 6) is 1.43. The number of benzene rings is 2. The molecule has 1 heterocycles. The normalized spacial score (nSPS) is 16.0. The molecule has 0 spiro atoms. The highest BCUT2D eigenvalue weighted by molar-refractivity contribution is 14.0. The van der Waals surface area contributed by atoms with Crippen LogP contribution in [-0.2, 0) is 17.9 Å². The summed E-state index contributed by atoms with van der Waals surface area (Å²) in [5.41, 5.74) is 3.67. The minimum Gasteiger partial charge on any atom is -0.353 e. The number of carbonyl (C=O) groups is 1. The lowest BCUT2D eigenvalue weighted by Gasteiger charge is -2.24. The Labute approximate surface area is 197 Å². The molecule has 0 aliphatic carbocycles. The molecule has 2 aromatic rings. The molecule has 2 N–H and O–H groups in total. The van der Waals surface area contributed by atoms with Crippen LogP contribution in [0.2, 0.25) is 0 Å². The van der Waals surface area contributed by atoms with Gasteiger partial charge in [-0.3, -0.25) is 9.79 Å². The highest BCUT2D eigenvalue weighted by Crippen LogP contribution is 2.18. The molecule has 0 aromatic heterocycles. The molecule has 0 radical (unpaired) electrons. The van der Waals surface area contributed by atoms with E-state index in [0.717, 1.165) is 18.9 Å². The van der Waals surface area contributed by atoms with E-state index in [0.29, 0.717) is 25.4 Å². The molecular formula is C24H33IN4O. The van der Waals surface area contributed by atoms with Gasteiger partial charge in [-0.1, -0.05) is 61.5 Å². The van der Waals surface area contributed by atoms with Crippen LogP contribution in [0.1, 0.15) is 49.3 Å². The summed E-state index contributed by atoms with van der Waals surface area (Å²) < 4.78 is 0. The SMILES string of the molecule is CN=C(NCc1cccc(CN2CCCC2=O)c1)NC(C)C(C)c1ccccc1.I. The average Bonchev–Trinajstić information content (AvgIpc) is 3.15. The zero-order valence-electron chi connectivity index (χ0n) is 18.1. The van der Waals surface area contributed by atoms with Crippen molar-refractivity contribution in [2.24, 2.45) is 4.99 Å². The second-order valence-electron chi connectivity index (χ2n) is 7.80. The minimum atomic E-state index is 0. The molecule has 1 fully saturated rings. The fourth-order valence-corrected chi connectivity index (χ4v) is 3.70. The van der Waals surface area contributed by atoms with Crippen molar-refractivity contribution >= 4 is 35.8 Å². The summed E-state index contributed by atoms with van der Waals surface area (Å²) in [6, 6.07) is 19.2. The zero-order valence-corrected chi connectivity index (χ0v) is 20.4. The van der Waals surface area contributed by atoms with Crippen molar-refractivity contribution in [2.45, 2.75) is 51.7 Å². The molecule has 2 unspecified atom stereocenters. The Morgan fingerprint density at radius 2 is 1.83 bits per heavy atom. The molecule has 30 heavy (non-hydrogen) atoms. The number of aliphatic imine (C=N–C) groups is 1. The van der Waals surface area contributed by atoms with Crippen molar-refractivity contribution in [3.63, 3.8) is 0 Å². The third-order valence-electron chi connectivity index (χ3n) is 5.66. The van der Waals surface area contributed by atoms with Gasteiger partial charge < -0.3 is 15.5 Å². The maximum absolute atomic E-state index is 11.9. The molecule has 1 saturated heterocycles. The Kier molecular flexibility index (Phi) is 9.62. The maximum atomic E-state index is 11.9. The molecule has 0 saturated carbocycles. The van der Waals surface area contributed by atoms with Gasteiger partial charge >= 0.3 is 0 Å². The number of hydrogen-bond acceptors (Lipinski definition) is 2. The van der Waals surface area contributed by atoms with Crippen molar-refractivity contribution in [1.29, 1.82) is 0 Å². The summed E-state index contributed by atoms with van der Waals surface area (Å²) in [4.78, 5) is 18.2. The second kappa shape index (κ2) is 11.9. The summed E-state index contributed by atoms with van der Waals surface area (Å²) >= 11 is 0. The van der Waals surface area contributed by atoms with Gasteiger partial charge in [-0.15, -0.1) is 24.0 Å². The number of nitrogens with zero attached hydrogens (tertiary/aromatic N) is 2. The van der Waals surface area contributed by atoms with Crippen LogP contribution in [0.5, 0.6) is 0 Å². The lowest BCUT2D eigenvalue weighted by Crippen LogP contribution is -2.43. The van der Waals surface area contributed by atoms with E-state index >= 15 is 0 Å². The minimum absolute atomic E-state index is 0. The first-order valence-corrected chi connectivity index (χ1v) is 10.4. The van der Waals surface area contributed by atoms with Crippen molar-refractivity contribution < 1.29 is 4.79 Å². The lowest BCUT2D eigenvalue weighted by atomic mass is 9.94. The van der Waals surface area contributed by atoms with E-state index in [1.54, 1.807) is 7.05 Å². The van der Waals surface area contributed by atoms with E-state index in [1.165, 1.54) is 16.7 Å². The molecule has 162 valence electrons. The predicted octanol–water partition coefficient (Wildman–Crippen LogP) is 4.28. The first-order chi connectivity index (χ1) is 14.1. The van der Waals surface area contributed by atoms with Crippen LogP contribution >= 0.6 is 24.0 Å². The molecule has 2 aromatic carbocycles. The van der Waals surface area contributed by atoms with Crippen LogP contribution in [0.4, 0.5) is 0 Å². The summed E-state index contributed by atoms with van der Waals surface area (Å²) in [6.07, 6.45) is 1.66. The zero-order chi connectivity index (χ0) is 20.6. The molecule has 1 amide bonds. The van der Waals surface area contributed by atoms with Gasteiger partial charge in [0.05, 0.1) is 0 Å². The fourth-order valence-electron chi connectivity index (χ4n) is 3.70. The van der Waals surface area contributed by atoms with Gasteiger partial charge in [0, 0.05) is 45.1 Å². The highest BCUT2D eigenvalue weighted by atomic mass is 127. The molecular weight excluding hydrogens is 487 g/mol. The van der Waals surface area contributed by atoms with Gasteiger partial charge in [0.2, 0.25) is 5.91 Å². The van der Waals surface area contributed by atoms with Crippen molar-refractivity contribution in [2.75, 3.05) is 13.6 Å². The topological polar surface area (TPSA) is 56.7 Å². The van der Waals surface area contributed by atoms with E-state index in [-0.39, 0.29) is 35.9 Å². The number of guanidine groups is 1. The third kappa shape index (κ3) is 6.72. The second-order valence-corrected chi connectivity index (χ2v) is 7.80. The van der Waals surface area contributed by atoms with Crippen LogP contribution in [0, 0.1) is 0 Å². The Morgan fingerprint density at radius 3 is 2.50 bits per heavy atom. The van der Waals surface area contributed by atoms with E-state index in [1.807, 2.05) is 11.0 Å². The van der Waals surface area contributed by atoms with Crippen LogP contribution in [0.25, 0.3) is 0 Å². The van der Waals surface area contributed by atoms with Crippen LogP contribution in [-0.4, -0.2) is 36.4 Å². The number of carbonyl (C=O) groups excluding carboxylic acids is 1. The largest absolute Gasteiger partial charge is 0.353 e. The Balaban J connectivity index is 0.00000320. The first kappa shape index (κ1) is 24.2. The van der Waals surface area contributed by atoms with Gasteiger partial charge in [0.15, 0.2) is 5.96 Å². The van der Waals surface area contributed by atoms with E-state index in [9.17, 15) is 4.79 Å². The predicted molar refractivity (Wildman–Crippen MR) is 134 cm³/mol. The Morgan fingerprint density at radius 1 is 1.10 bits per heavy atom. The summed E-state index contributed by atoms with van der Waals surface area (Å²) in [5, 5.41) is 6.91. The quantitative estimate of drug-likeness (QED) is 0.326. The Bertz CT molecular complexity index is 840. The van der Waals surface area contributed by atoms with Crippen LogP contribution in [0.15, 0.2) is 59.6 Å². The van der Waals surface area contributed by atoms with Gasteiger partial charge in [0.25, 0.3) is 0 Å². The molecule has 0 bridgehead atoms. The molecule has 5 nitrogen and oxygen atoms in total. The number of nitrogens with one attached hydrogen (secondary N) is 2. The van der Waals surface area contributed by atoms with Gasteiger partial charge in [-0.25, -0.2) is 0 Å². The number of halogens is 1. The lowest BCUT2D eigenvalue weighted by molar-refractivity contribution is -0.128. The van der Waals surface area contributed by atoms with Crippen LogP contribution in [0.3, 0.4) is 0 Å². The highest BCUT2D eigenvalue weighted by Gasteiger charge is 2.20. The van der Waals surface area contributed by atoms with E-state index < -0.39 is 0 Å². The third-order valence-corrected chi connectivity index (χ3v) is 5.66. The molecule has 3 rings (SSSR count). The van der Waals surface area contributed by atoms with E-state index in [2.05, 4.69) is 78.0 Å². The van der Waals surface area contributed by atoms with Gasteiger partial charge in [0.1, 0.15) is 0 Å². The van der Waals surface area contributed by atoms with Crippen LogP contribution < -0.4 is 10.6 Å². The number of amides is 1. The van der Waals surface area contributed by atoms with Gasteiger partial charge in [-0.2, -0.15) is 0 Å². The van der Waals surface area contributed by atoms with E-state index in [4.69, 9.17) is 0 Å². The fraction of sp³-hybridized carbons (Fsp3) is 0.417. The number of likely N-dealkylation sites (tertiary alicyclic amines) is 1. The molecule has 6 heteroatoms. The van der Waals surface area contributed by atoms with Crippen molar-refractivity contribution in [3.05, 3.63) is 71.3 Å². The molecule has 1 aliphatic rings. The van der Waals surface area contributed by atoms with Gasteiger partial charge in [-0.05, 0) is 30.0 Å². The summed E-state index contributed by atoms with van der Waals surface area (Å²) in [7, 11) is 1.80. The number of hydrogen-bond donors (Lipinski definition) is 2. The van der Waals surface area contributed by atoms with Crippen molar-refractivity contribution in [3.8, 4) is 0 Å².